The number of aromatic nitrogens is 2. The highest BCUT2D eigenvalue weighted by Crippen LogP contribution is 2.28. The lowest BCUT2D eigenvalue weighted by Crippen LogP contribution is -2.17. The number of alkyl halides is 3. The minimum Gasteiger partial charge on any atom is -0.406 e. The first-order valence-electron chi connectivity index (χ1n) is 7.25. The summed E-state index contributed by atoms with van der Waals surface area (Å²) in [7, 11) is 0. The zero-order chi connectivity index (χ0) is 17.6. The molecule has 0 amide bonds. The molecule has 2 rings (SSSR count). The first-order chi connectivity index (χ1) is 11.4. The number of anilines is 2. The number of aliphatic hydroxyl groups excluding tert-OH is 1. The van der Waals surface area contributed by atoms with Crippen molar-refractivity contribution in [3.05, 3.63) is 30.3 Å². The van der Waals surface area contributed by atoms with Crippen LogP contribution in [0.25, 0.3) is 11.3 Å². The van der Waals surface area contributed by atoms with Crippen LogP contribution in [0.1, 0.15) is 6.92 Å². The predicted molar refractivity (Wildman–Crippen MR) is 83.9 cm³/mol. The van der Waals surface area contributed by atoms with Crippen LogP contribution in [-0.4, -0.2) is 41.1 Å². The molecule has 3 N–H and O–H groups in total. The molecule has 0 saturated heterocycles. The van der Waals surface area contributed by atoms with Crippen molar-refractivity contribution in [3.8, 4) is 17.0 Å². The third-order valence-electron chi connectivity index (χ3n) is 2.84. The molecule has 0 aliphatic heterocycles. The number of hydrogen-bond acceptors (Lipinski definition) is 6. The molecule has 1 heterocycles. The molecule has 0 atom stereocenters. The van der Waals surface area contributed by atoms with E-state index in [-0.39, 0.29) is 24.8 Å². The zero-order valence-electron chi connectivity index (χ0n) is 12.9. The fourth-order valence-corrected chi connectivity index (χ4v) is 1.97. The molecule has 9 heteroatoms. The Kier molecular flexibility index (Phi) is 5.80. The van der Waals surface area contributed by atoms with Gasteiger partial charge in [0.1, 0.15) is 11.6 Å². The van der Waals surface area contributed by atoms with E-state index in [1.165, 1.54) is 18.2 Å². The van der Waals surface area contributed by atoms with Crippen molar-refractivity contribution in [1.82, 2.24) is 9.97 Å². The van der Waals surface area contributed by atoms with Gasteiger partial charge in [0, 0.05) is 24.7 Å². The lowest BCUT2D eigenvalue weighted by molar-refractivity contribution is -0.274. The molecule has 0 aliphatic rings. The molecular formula is C15H17F3N4O2. The Morgan fingerprint density at radius 1 is 1.17 bits per heavy atom. The maximum atomic E-state index is 12.4. The summed E-state index contributed by atoms with van der Waals surface area (Å²) < 4.78 is 41.0. The fraction of sp³-hybridized carbons (Fsp3) is 0.333. The summed E-state index contributed by atoms with van der Waals surface area (Å²) in [6.07, 6.45) is -4.76. The van der Waals surface area contributed by atoms with Gasteiger partial charge in [-0.3, -0.25) is 0 Å². The number of nitrogens with one attached hydrogen (secondary N) is 2. The molecule has 0 unspecified atom stereocenters. The van der Waals surface area contributed by atoms with Crippen LogP contribution < -0.4 is 15.4 Å². The molecule has 130 valence electrons. The molecule has 0 fully saturated rings. The molecular weight excluding hydrogens is 325 g/mol. The SMILES string of the molecule is CCNc1cc(-c2cccc(OC(F)(F)F)c2)nc(NCCO)n1. The average Bonchev–Trinajstić information content (AvgIpc) is 2.52. The van der Waals surface area contributed by atoms with Gasteiger partial charge in [-0.1, -0.05) is 12.1 Å². The molecule has 24 heavy (non-hydrogen) atoms. The normalized spacial score (nSPS) is 11.2. The third kappa shape index (κ3) is 5.27. The van der Waals surface area contributed by atoms with Crippen LogP contribution in [-0.2, 0) is 0 Å². The number of rotatable bonds is 7. The molecule has 2 aromatic rings. The summed E-state index contributed by atoms with van der Waals surface area (Å²) in [5.41, 5.74) is 0.874. The van der Waals surface area contributed by atoms with Crippen molar-refractivity contribution in [1.29, 1.82) is 0 Å². The van der Waals surface area contributed by atoms with Crippen molar-refractivity contribution >= 4 is 11.8 Å². The van der Waals surface area contributed by atoms with E-state index in [2.05, 4.69) is 25.3 Å². The summed E-state index contributed by atoms with van der Waals surface area (Å²) in [5, 5.41) is 14.7. The van der Waals surface area contributed by atoms with E-state index in [1.54, 1.807) is 12.1 Å². The Balaban J connectivity index is 2.35. The Labute approximate surface area is 136 Å². The number of nitrogens with zero attached hydrogens (tertiary/aromatic N) is 2. The molecule has 0 saturated carbocycles. The van der Waals surface area contributed by atoms with Crippen LogP contribution in [0.5, 0.6) is 5.75 Å². The lowest BCUT2D eigenvalue weighted by Gasteiger charge is -2.12. The summed E-state index contributed by atoms with van der Waals surface area (Å²) in [6, 6.07) is 7.17. The van der Waals surface area contributed by atoms with E-state index >= 15 is 0 Å². The van der Waals surface area contributed by atoms with E-state index in [9.17, 15) is 13.2 Å². The van der Waals surface area contributed by atoms with Gasteiger partial charge in [0.2, 0.25) is 5.95 Å². The number of benzene rings is 1. The Morgan fingerprint density at radius 3 is 2.62 bits per heavy atom. The van der Waals surface area contributed by atoms with Crippen LogP contribution in [0.3, 0.4) is 0 Å². The van der Waals surface area contributed by atoms with Gasteiger partial charge in [0.15, 0.2) is 0 Å². The monoisotopic (exact) mass is 342 g/mol. The zero-order valence-corrected chi connectivity index (χ0v) is 12.9. The topological polar surface area (TPSA) is 79.3 Å². The van der Waals surface area contributed by atoms with Crippen molar-refractivity contribution in [2.75, 3.05) is 30.3 Å². The molecule has 0 bridgehead atoms. The highest BCUT2D eigenvalue weighted by atomic mass is 19.4. The Morgan fingerprint density at radius 2 is 1.96 bits per heavy atom. The number of aliphatic hydroxyl groups is 1. The van der Waals surface area contributed by atoms with Crippen LogP contribution in [0.4, 0.5) is 24.9 Å². The van der Waals surface area contributed by atoms with E-state index in [0.29, 0.717) is 23.6 Å². The Hall–Kier alpha value is -2.55. The first-order valence-corrected chi connectivity index (χ1v) is 7.25. The number of ether oxygens (including phenoxy) is 1. The standard InChI is InChI=1S/C15H17F3N4O2/c1-2-19-13-9-12(21-14(22-13)20-6-7-23)10-4-3-5-11(8-10)24-15(16,17)18/h3-5,8-9,23H,2,6-7H2,1H3,(H2,19,20,21,22). The highest BCUT2D eigenvalue weighted by Gasteiger charge is 2.31. The van der Waals surface area contributed by atoms with Crippen molar-refractivity contribution in [3.63, 3.8) is 0 Å². The Bertz CT molecular complexity index is 680. The van der Waals surface area contributed by atoms with Gasteiger partial charge in [-0.2, -0.15) is 4.98 Å². The minimum atomic E-state index is -4.76. The number of hydrogen-bond donors (Lipinski definition) is 3. The van der Waals surface area contributed by atoms with Gasteiger partial charge in [0.25, 0.3) is 0 Å². The highest BCUT2D eigenvalue weighted by molar-refractivity contribution is 5.65. The second kappa shape index (κ2) is 7.82. The second-order valence-corrected chi connectivity index (χ2v) is 4.72. The molecule has 6 nitrogen and oxygen atoms in total. The maximum absolute atomic E-state index is 12.4. The first kappa shape index (κ1) is 17.8. The summed E-state index contributed by atoms with van der Waals surface area (Å²) in [4.78, 5) is 8.46. The summed E-state index contributed by atoms with van der Waals surface area (Å²) in [6.45, 7) is 2.67. The van der Waals surface area contributed by atoms with E-state index < -0.39 is 6.36 Å². The van der Waals surface area contributed by atoms with Gasteiger partial charge < -0.3 is 20.5 Å². The van der Waals surface area contributed by atoms with Gasteiger partial charge in [0.05, 0.1) is 12.3 Å². The van der Waals surface area contributed by atoms with E-state index in [1.807, 2.05) is 6.92 Å². The fourth-order valence-electron chi connectivity index (χ4n) is 1.97. The molecule has 0 aliphatic carbocycles. The van der Waals surface area contributed by atoms with E-state index in [4.69, 9.17) is 5.11 Å². The van der Waals surface area contributed by atoms with Gasteiger partial charge >= 0.3 is 6.36 Å². The van der Waals surface area contributed by atoms with Gasteiger partial charge in [-0.25, -0.2) is 4.98 Å². The smallest absolute Gasteiger partial charge is 0.406 e. The van der Waals surface area contributed by atoms with Crippen LogP contribution >= 0.6 is 0 Å². The minimum absolute atomic E-state index is 0.0982. The van der Waals surface area contributed by atoms with Crippen molar-refractivity contribution in [2.24, 2.45) is 0 Å². The second-order valence-electron chi connectivity index (χ2n) is 4.72. The molecule has 1 aromatic heterocycles. The van der Waals surface area contributed by atoms with Crippen LogP contribution in [0.15, 0.2) is 30.3 Å². The van der Waals surface area contributed by atoms with Crippen LogP contribution in [0.2, 0.25) is 0 Å². The van der Waals surface area contributed by atoms with Gasteiger partial charge in [-0.05, 0) is 19.1 Å². The van der Waals surface area contributed by atoms with E-state index in [0.717, 1.165) is 0 Å². The average molecular weight is 342 g/mol. The summed E-state index contributed by atoms with van der Waals surface area (Å²) in [5.74, 6) is 0.457. The molecule has 0 radical (unpaired) electrons. The van der Waals surface area contributed by atoms with Gasteiger partial charge in [-0.15, -0.1) is 13.2 Å². The van der Waals surface area contributed by atoms with Crippen molar-refractivity contribution < 1.29 is 23.0 Å². The van der Waals surface area contributed by atoms with Crippen molar-refractivity contribution in [2.45, 2.75) is 13.3 Å². The summed E-state index contributed by atoms with van der Waals surface area (Å²) >= 11 is 0. The number of halogens is 3. The molecule has 0 spiro atoms. The molecule has 1 aromatic carbocycles. The largest absolute Gasteiger partial charge is 0.573 e. The lowest BCUT2D eigenvalue weighted by atomic mass is 10.1. The quantitative estimate of drug-likeness (QED) is 0.718. The predicted octanol–water partition coefficient (Wildman–Crippen LogP) is 2.88. The third-order valence-corrected chi connectivity index (χ3v) is 2.84. The maximum Gasteiger partial charge on any atom is 0.573 e. The van der Waals surface area contributed by atoms with Crippen LogP contribution in [0, 0.1) is 0 Å².